The first-order valence-electron chi connectivity index (χ1n) is 4.83. The molecule has 1 N–H and O–H groups in total. The summed E-state index contributed by atoms with van der Waals surface area (Å²) in [7, 11) is -1.32. The molecule has 3 unspecified atom stereocenters. The van der Waals surface area contributed by atoms with Gasteiger partial charge in [0, 0.05) is 17.4 Å². The molecule has 0 saturated carbocycles. The molecule has 0 spiro atoms. The van der Waals surface area contributed by atoms with Gasteiger partial charge in [-0.2, -0.15) is 0 Å². The predicted molar refractivity (Wildman–Crippen MR) is 53.7 cm³/mol. The number of hydrogen-bond donors (Lipinski definition) is 1. The third-order valence-electron chi connectivity index (χ3n) is 2.37. The van der Waals surface area contributed by atoms with Crippen molar-refractivity contribution >= 4 is 16.8 Å². The van der Waals surface area contributed by atoms with Crippen molar-refractivity contribution in [2.45, 2.75) is 37.5 Å². The number of ether oxygens (including phenoxy) is 1. The van der Waals surface area contributed by atoms with Crippen molar-refractivity contribution in [3.05, 3.63) is 0 Å². The largest absolute Gasteiger partial charge is 0.480 e. The molecule has 0 aromatic rings. The summed E-state index contributed by atoms with van der Waals surface area (Å²) >= 11 is 0. The summed E-state index contributed by atoms with van der Waals surface area (Å²) in [6.45, 7) is 2.19. The van der Waals surface area contributed by atoms with Crippen LogP contribution >= 0.6 is 0 Å². The van der Waals surface area contributed by atoms with Gasteiger partial charge in [0.2, 0.25) is 0 Å². The molecule has 14 heavy (non-hydrogen) atoms. The summed E-state index contributed by atoms with van der Waals surface area (Å²) < 4.78 is 16.9. The zero-order valence-corrected chi connectivity index (χ0v) is 9.09. The van der Waals surface area contributed by atoms with E-state index in [0.717, 1.165) is 19.3 Å². The molecule has 0 amide bonds. The third kappa shape index (κ3) is 3.38. The van der Waals surface area contributed by atoms with Crippen molar-refractivity contribution in [3.63, 3.8) is 0 Å². The van der Waals surface area contributed by atoms with Crippen LogP contribution < -0.4 is 0 Å². The maximum Gasteiger partial charge on any atom is 0.318 e. The summed E-state index contributed by atoms with van der Waals surface area (Å²) in [5.41, 5.74) is 0. The van der Waals surface area contributed by atoms with Crippen molar-refractivity contribution in [2.24, 2.45) is 0 Å². The minimum atomic E-state index is -1.32. The second-order valence-electron chi connectivity index (χ2n) is 3.52. The predicted octanol–water partition coefficient (Wildman–Crippen LogP) is 0.777. The molecule has 4 nitrogen and oxygen atoms in total. The number of aliphatic carboxylic acids is 1. The van der Waals surface area contributed by atoms with Gasteiger partial charge in [0.25, 0.3) is 0 Å². The first-order chi connectivity index (χ1) is 6.61. The Hall–Kier alpha value is -0.420. The smallest absolute Gasteiger partial charge is 0.318 e. The lowest BCUT2D eigenvalue weighted by Gasteiger charge is -2.22. The van der Waals surface area contributed by atoms with E-state index in [4.69, 9.17) is 9.84 Å². The fraction of sp³-hybridized carbons (Fsp3) is 0.889. The van der Waals surface area contributed by atoms with Crippen molar-refractivity contribution in [3.8, 4) is 0 Å². The van der Waals surface area contributed by atoms with Crippen LogP contribution in [-0.2, 0) is 20.3 Å². The van der Waals surface area contributed by atoms with Gasteiger partial charge in [0.15, 0.2) is 0 Å². The Kier molecular flexibility index (Phi) is 4.54. The van der Waals surface area contributed by atoms with E-state index in [9.17, 15) is 9.00 Å². The van der Waals surface area contributed by atoms with E-state index < -0.39 is 22.0 Å². The fourth-order valence-corrected chi connectivity index (χ4v) is 2.52. The summed E-state index contributed by atoms with van der Waals surface area (Å²) in [6.07, 6.45) is 3.03. The molecule has 1 fully saturated rings. The van der Waals surface area contributed by atoms with E-state index in [1.807, 2.05) is 0 Å². The Morgan fingerprint density at radius 1 is 1.64 bits per heavy atom. The highest BCUT2D eigenvalue weighted by Crippen LogP contribution is 2.14. The number of carboxylic acids is 1. The van der Waals surface area contributed by atoms with Crippen LogP contribution in [0, 0.1) is 0 Å². The average molecular weight is 220 g/mol. The highest BCUT2D eigenvalue weighted by molar-refractivity contribution is 7.86. The van der Waals surface area contributed by atoms with Crippen LogP contribution in [0.15, 0.2) is 0 Å². The lowest BCUT2D eigenvalue weighted by molar-refractivity contribution is -0.136. The highest BCUT2D eigenvalue weighted by atomic mass is 32.2. The molecule has 0 aromatic heterocycles. The summed E-state index contributed by atoms with van der Waals surface area (Å²) in [5, 5.41) is 7.86. The van der Waals surface area contributed by atoms with Gasteiger partial charge < -0.3 is 9.84 Å². The quantitative estimate of drug-likeness (QED) is 0.760. The topological polar surface area (TPSA) is 63.6 Å². The second-order valence-corrected chi connectivity index (χ2v) is 5.32. The molecule has 1 saturated heterocycles. The van der Waals surface area contributed by atoms with E-state index in [1.165, 1.54) is 6.92 Å². The monoisotopic (exact) mass is 220 g/mol. The van der Waals surface area contributed by atoms with Crippen molar-refractivity contribution in [2.75, 3.05) is 12.4 Å². The fourth-order valence-electron chi connectivity index (χ4n) is 1.38. The Balaban J connectivity index is 2.35. The zero-order chi connectivity index (χ0) is 10.6. The maximum atomic E-state index is 11.5. The molecule has 3 atom stereocenters. The molecule has 1 rings (SSSR count). The van der Waals surface area contributed by atoms with Gasteiger partial charge in [-0.05, 0) is 26.2 Å². The van der Waals surface area contributed by atoms with Crippen LogP contribution in [0.1, 0.15) is 26.2 Å². The average Bonchev–Trinajstić information content (AvgIpc) is 2.18. The van der Waals surface area contributed by atoms with Crippen LogP contribution in [0.3, 0.4) is 0 Å². The van der Waals surface area contributed by atoms with E-state index in [0.29, 0.717) is 12.4 Å². The van der Waals surface area contributed by atoms with Gasteiger partial charge in [-0.1, -0.05) is 0 Å². The Morgan fingerprint density at radius 2 is 2.36 bits per heavy atom. The Morgan fingerprint density at radius 3 is 2.86 bits per heavy atom. The first kappa shape index (κ1) is 11.7. The molecule has 1 heterocycles. The van der Waals surface area contributed by atoms with Crippen LogP contribution in [0.5, 0.6) is 0 Å². The van der Waals surface area contributed by atoms with E-state index in [2.05, 4.69) is 0 Å². The number of carboxylic acid groups (broad SMARTS) is 1. The third-order valence-corrected chi connectivity index (χ3v) is 4.06. The lowest BCUT2D eigenvalue weighted by atomic mass is 10.1. The number of rotatable bonds is 4. The summed E-state index contributed by atoms with van der Waals surface area (Å²) in [4.78, 5) is 10.5. The number of hydrogen-bond acceptors (Lipinski definition) is 3. The molecule has 0 aromatic carbocycles. The Labute approximate surface area is 86.1 Å². The van der Waals surface area contributed by atoms with E-state index in [1.54, 1.807) is 0 Å². The minimum absolute atomic E-state index is 0.00798. The normalized spacial score (nSPS) is 26.8. The van der Waals surface area contributed by atoms with Gasteiger partial charge in [-0.25, -0.2) is 0 Å². The molecular formula is C9H16O4S. The zero-order valence-electron chi connectivity index (χ0n) is 8.27. The van der Waals surface area contributed by atoms with Gasteiger partial charge in [-0.3, -0.25) is 9.00 Å². The van der Waals surface area contributed by atoms with Crippen molar-refractivity contribution < 1.29 is 18.8 Å². The molecule has 5 heteroatoms. The minimum Gasteiger partial charge on any atom is -0.480 e. The maximum absolute atomic E-state index is 11.5. The van der Waals surface area contributed by atoms with Crippen LogP contribution in [0.25, 0.3) is 0 Å². The van der Waals surface area contributed by atoms with Crippen LogP contribution in [0.4, 0.5) is 0 Å². The first-order valence-corrected chi connectivity index (χ1v) is 6.21. The summed E-state index contributed by atoms with van der Waals surface area (Å²) in [5.74, 6) is -0.646. The van der Waals surface area contributed by atoms with E-state index >= 15 is 0 Å². The standard InChI is InChI=1S/C9H16O4S/c1-7(9(10)11)14(12)6-8-4-2-3-5-13-8/h7-8H,2-6H2,1H3,(H,10,11). The molecule has 0 aliphatic carbocycles. The number of carbonyl (C=O) groups is 1. The van der Waals surface area contributed by atoms with Crippen molar-refractivity contribution in [1.29, 1.82) is 0 Å². The lowest BCUT2D eigenvalue weighted by Crippen LogP contribution is -2.31. The highest BCUT2D eigenvalue weighted by Gasteiger charge is 2.23. The van der Waals surface area contributed by atoms with E-state index in [-0.39, 0.29) is 6.10 Å². The molecule has 0 radical (unpaired) electrons. The summed E-state index contributed by atoms with van der Waals surface area (Å²) in [6, 6.07) is 0. The van der Waals surface area contributed by atoms with Crippen LogP contribution in [0.2, 0.25) is 0 Å². The molecule has 82 valence electrons. The molecule has 1 aliphatic rings. The van der Waals surface area contributed by atoms with Gasteiger partial charge in [0.1, 0.15) is 5.25 Å². The van der Waals surface area contributed by atoms with Gasteiger partial charge in [0.05, 0.1) is 11.9 Å². The molecular weight excluding hydrogens is 204 g/mol. The van der Waals surface area contributed by atoms with Crippen LogP contribution in [-0.4, -0.2) is 39.0 Å². The Bertz CT molecular complexity index is 223. The SMILES string of the molecule is CC(C(=O)O)S(=O)CC1CCCCO1. The molecule has 0 bridgehead atoms. The molecule has 1 aliphatic heterocycles. The second kappa shape index (κ2) is 5.46. The van der Waals surface area contributed by atoms with Crippen molar-refractivity contribution in [1.82, 2.24) is 0 Å². The van der Waals surface area contributed by atoms with Gasteiger partial charge >= 0.3 is 5.97 Å². The van der Waals surface area contributed by atoms with Gasteiger partial charge in [-0.15, -0.1) is 0 Å².